The highest BCUT2D eigenvalue weighted by Crippen LogP contribution is 2.21. The number of likely N-dealkylation sites (N-methyl/N-ethyl adjacent to an activating group) is 1. The van der Waals surface area contributed by atoms with Gasteiger partial charge in [0.05, 0.1) is 0 Å². The summed E-state index contributed by atoms with van der Waals surface area (Å²) >= 11 is 0. The van der Waals surface area contributed by atoms with Crippen LogP contribution in [-0.2, 0) is 4.79 Å². The van der Waals surface area contributed by atoms with Crippen LogP contribution in [0.3, 0.4) is 0 Å². The summed E-state index contributed by atoms with van der Waals surface area (Å²) in [7, 11) is 0. The van der Waals surface area contributed by atoms with E-state index in [1.807, 2.05) is 12.1 Å². The maximum atomic E-state index is 12.2. The third-order valence-electron chi connectivity index (χ3n) is 4.51. The van der Waals surface area contributed by atoms with Crippen LogP contribution in [0, 0.1) is 0 Å². The lowest BCUT2D eigenvalue weighted by Gasteiger charge is -2.26. The molecule has 0 aliphatic carbocycles. The molecule has 1 atom stereocenters. The van der Waals surface area contributed by atoms with Gasteiger partial charge < -0.3 is 10.2 Å². The number of nitrogens with one attached hydrogen (secondary N) is 1. The molecule has 5 nitrogen and oxygen atoms in total. The molecular formula is C18H27N3O2. The number of anilines is 1. The van der Waals surface area contributed by atoms with Crippen LogP contribution in [-0.4, -0.2) is 48.9 Å². The normalized spacial score (nSPS) is 16.0. The summed E-state index contributed by atoms with van der Waals surface area (Å²) in [5, 5.41) is 2.98. The summed E-state index contributed by atoms with van der Waals surface area (Å²) in [6, 6.07) is 7.60. The fourth-order valence-electron chi connectivity index (χ4n) is 3.03. The topological polar surface area (TPSA) is 52.7 Å². The van der Waals surface area contributed by atoms with Gasteiger partial charge in [-0.15, -0.1) is 0 Å². The second-order valence-corrected chi connectivity index (χ2v) is 5.98. The van der Waals surface area contributed by atoms with Crippen LogP contribution in [0.4, 0.5) is 5.69 Å². The zero-order valence-corrected chi connectivity index (χ0v) is 14.3. The van der Waals surface area contributed by atoms with Crippen molar-refractivity contribution >= 4 is 17.5 Å². The molecule has 1 aromatic carbocycles. The molecule has 2 amide bonds. The Bertz CT molecular complexity index is 538. The number of carbonyl (C=O) groups is 2. The van der Waals surface area contributed by atoms with E-state index in [2.05, 4.69) is 31.0 Å². The molecule has 1 fully saturated rings. The second-order valence-electron chi connectivity index (χ2n) is 5.98. The average Bonchev–Trinajstić information content (AvgIpc) is 3.00. The summed E-state index contributed by atoms with van der Waals surface area (Å²) in [5.41, 5.74) is 1.51. The van der Waals surface area contributed by atoms with E-state index in [1.165, 1.54) is 0 Å². The molecule has 0 saturated carbocycles. The van der Waals surface area contributed by atoms with E-state index >= 15 is 0 Å². The van der Waals surface area contributed by atoms with Crippen LogP contribution < -0.4 is 10.2 Å². The van der Waals surface area contributed by atoms with Crippen LogP contribution in [0.2, 0.25) is 0 Å². The van der Waals surface area contributed by atoms with E-state index in [0.29, 0.717) is 24.6 Å². The van der Waals surface area contributed by atoms with E-state index in [1.54, 1.807) is 17.0 Å². The molecule has 0 spiro atoms. The quantitative estimate of drug-likeness (QED) is 0.839. The standard InChI is InChI=1S/C18H27N3O2/c1-4-20(5-2)14(3)13-19-18(23)15-8-10-16(11-9-15)21-12-6-7-17(21)22/h8-11,14H,4-7,12-13H2,1-3H3,(H,19,23). The zero-order chi connectivity index (χ0) is 16.8. The van der Waals surface area contributed by atoms with Crippen molar-refractivity contribution in [3.63, 3.8) is 0 Å². The number of nitrogens with zero attached hydrogens (tertiary/aromatic N) is 2. The van der Waals surface area contributed by atoms with E-state index < -0.39 is 0 Å². The molecule has 1 aliphatic heterocycles. The van der Waals surface area contributed by atoms with Crippen LogP contribution >= 0.6 is 0 Å². The van der Waals surface area contributed by atoms with Gasteiger partial charge in [0, 0.05) is 36.8 Å². The molecule has 1 unspecified atom stereocenters. The molecule has 1 aromatic rings. The zero-order valence-electron chi connectivity index (χ0n) is 14.3. The second kappa shape index (κ2) is 8.11. The molecule has 1 aliphatic rings. The van der Waals surface area contributed by atoms with Gasteiger partial charge in [0.15, 0.2) is 0 Å². The van der Waals surface area contributed by atoms with Crippen molar-refractivity contribution in [2.75, 3.05) is 31.1 Å². The number of hydrogen-bond donors (Lipinski definition) is 1. The third kappa shape index (κ3) is 4.32. The summed E-state index contributed by atoms with van der Waals surface area (Å²) in [6.07, 6.45) is 1.52. The van der Waals surface area contributed by atoms with E-state index in [9.17, 15) is 9.59 Å². The maximum Gasteiger partial charge on any atom is 0.251 e. The van der Waals surface area contributed by atoms with Gasteiger partial charge in [-0.3, -0.25) is 14.5 Å². The van der Waals surface area contributed by atoms with Crippen LogP contribution in [0.5, 0.6) is 0 Å². The van der Waals surface area contributed by atoms with Gasteiger partial charge in [-0.1, -0.05) is 13.8 Å². The smallest absolute Gasteiger partial charge is 0.251 e. The molecule has 0 aromatic heterocycles. The number of rotatable bonds is 7. The first-order valence-corrected chi connectivity index (χ1v) is 8.49. The van der Waals surface area contributed by atoms with Gasteiger partial charge in [-0.25, -0.2) is 0 Å². The summed E-state index contributed by atoms with van der Waals surface area (Å²) in [5.74, 6) is 0.0959. The predicted molar refractivity (Wildman–Crippen MR) is 92.7 cm³/mol. The monoisotopic (exact) mass is 317 g/mol. The molecule has 1 saturated heterocycles. The molecule has 0 radical (unpaired) electrons. The van der Waals surface area contributed by atoms with Crippen LogP contribution in [0.25, 0.3) is 0 Å². The summed E-state index contributed by atoms with van der Waals surface area (Å²) < 4.78 is 0. The van der Waals surface area contributed by atoms with Gasteiger partial charge in [-0.2, -0.15) is 0 Å². The van der Waals surface area contributed by atoms with Crippen LogP contribution in [0.15, 0.2) is 24.3 Å². The van der Waals surface area contributed by atoms with E-state index in [-0.39, 0.29) is 11.8 Å². The van der Waals surface area contributed by atoms with Crippen molar-refractivity contribution in [1.82, 2.24) is 10.2 Å². The molecule has 23 heavy (non-hydrogen) atoms. The molecule has 1 heterocycles. The fourth-order valence-corrected chi connectivity index (χ4v) is 3.03. The highest BCUT2D eigenvalue weighted by Gasteiger charge is 2.21. The Balaban J connectivity index is 1.91. The Labute approximate surface area is 138 Å². The molecular weight excluding hydrogens is 290 g/mol. The summed E-state index contributed by atoms with van der Waals surface area (Å²) in [6.45, 7) is 9.73. The van der Waals surface area contributed by atoms with Gasteiger partial charge in [0.2, 0.25) is 5.91 Å². The highest BCUT2D eigenvalue weighted by molar-refractivity contribution is 5.97. The van der Waals surface area contributed by atoms with E-state index in [0.717, 1.165) is 31.7 Å². The van der Waals surface area contributed by atoms with Crippen molar-refractivity contribution in [2.45, 2.75) is 39.7 Å². The minimum Gasteiger partial charge on any atom is -0.350 e. The summed E-state index contributed by atoms with van der Waals surface area (Å²) in [4.78, 5) is 28.1. The first-order chi connectivity index (χ1) is 11.1. The van der Waals surface area contributed by atoms with Gasteiger partial charge in [0.1, 0.15) is 0 Å². The van der Waals surface area contributed by atoms with Crippen molar-refractivity contribution in [3.05, 3.63) is 29.8 Å². The number of hydrogen-bond acceptors (Lipinski definition) is 3. The Morgan fingerprint density at radius 1 is 1.26 bits per heavy atom. The van der Waals surface area contributed by atoms with Gasteiger partial charge in [0.25, 0.3) is 5.91 Å². The van der Waals surface area contributed by atoms with Crippen LogP contribution in [0.1, 0.15) is 44.0 Å². The lowest BCUT2D eigenvalue weighted by molar-refractivity contribution is -0.117. The number of amides is 2. The van der Waals surface area contributed by atoms with Crippen molar-refractivity contribution in [1.29, 1.82) is 0 Å². The fraction of sp³-hybridized carbons (Fsp3) is 0.556. The molecule has 126 valence electrons. The Morgan fingerprint density at radius 2 is 1.91 bits per heavy atom. The minimum atomic E-state index is -0.0664. The molecule has 2 rings (SSSR count). The number of benzene rings is 1. The van der Waals surface area contributed by atoms with Crippen molar-refractivity contribution in [2.24, 2.45) is 0 Å². The first-order valence-electron chi connectivity index (χ1n) is 8.49. The van der Waals surface area contributed by atoms with E-state index in [4.69, 9.17) is 0 Å². The first kappa shape index (κ1) is 17.5. The van der Waals surface area contributed by atoms with Gasteiger partial charge in [-0.05, 0) is 50.7 Å². The molecule has 0 bridgehead atoms. The third-order valence-corrected chi connectivity index (χ3v) is 4.51. The lowest BCUT2D eigenvalue weighted by atomic mass is 10.1. The van der Waals surface area contributed by atoms with Crippen molar-refractivity contribution < 1.29 is 9.59 Å². The molecule has 5 heteroatoms. The van der Waals surface area contributed by atoms with Crippen molar-refractivity contribution in [3.8, 4) is 0 Å². The Hall–Kier alpha value is -1.88. The Morgan fingerprint density at radius 3 is 2.43 bits per heavy atom. The SMILES string of the molecule is CCN(CC)C(C)CNC(=O)c1ccc(N2CCCC2=O)cc1. The number of carbonyl (C=O) groups excluding carboxylic acids is 2. The highest BCUT2D eigenvalue weighted by atomic mass is 16.2. The molecule has 1 N–H and O–H groups in total. The largest absolute Gasteiger partial charge is 0.350 e. The average molecular weight is 317 g/mol. The lowest BCUT2D eigenvalue weighted by Crippen LogP contribution is -2.42. The maximum absolute atomic E-state index is 12.2. The minimum absolute atomic E-state index is 0.0664. The van der Waals surface area contributed by atoms with Gasteiger partial charge >= 0.3 is 0 Å². The Kier molecular flexibility index (Phi) is 6.16. The predicted octanol–water partition coefficient (Wildman–Crippen LogP) is 2.27.